The maximum Gasteiger partial charge on any atom is 0.158 e. The molecule has 0 aromatic rings. The quantitative estimate of drug-likeness (QED) is 0.662. The summed E-state index contributed by atoms with van der Waals surface area (Å²) in [5.74, 6) is -0.148. The predicted octanol–water partition coefficient (Wildman–Crippen LogP) is 2.62. The molecule has 0 N–H and O–H groups in total. The first kappa shape index (κ1) is 11.0. The van der Waals surface area contributed by atoms with E-state index in [2.05, 4.69) is 0 Å². The molecule has 0 aromatic heterocycles. The SMILES string of the molecule is F/C(=C/CCl)COC1CCCCO1. The molecule has 1 heterocycles. The van der Waals surface area contributed by atoms with E-state index in [0.717, 1.165) is 19.3 Å². The van der Waals surface area contributed by atoms with Crippen molar-refractivity contribution in [3.05, 3.63) is 11.9 Å². The first-order valence-electron chi connectivity index (χ1n) is 4.46. The third-order valence-electron chi connectivity index (χ3n) is 1.84. The molecule has 2 nitrogen and oxygen atoms in total. The van der Waals surface area contributed by atoms with Crippen LogP contribution in [0.2, 0.25) is 0 Å². The highest BCUT2D eigenvalue weighted by molar-refractivity contribution is 6.18. The maximum absolute atomic E-state index is 12.8. The molecule has 1 unspecified atom stereocenters. The molecule has 13 heavy (non-hydrogen) atoms. The second kappa shape index (κ2) is 6.35. The molecule has 1 rings (SSSR count). The van der Waals surface area contributed by atoms with E-state index in [1.165, 1.54) is 6.08 Å². The summed E-state index contributed by atoms with van der Waals surface area (Å²) in [6.45, 7) is 0.683. The van der Waals surface area contributed by atoms with Crippen LogP contribution in [-0.4, -0.2) is 25.4 Å². The van der Waals surface area contributed by atoms with Crippen LogP contribution >= 0.6 is 11.6 Å². The molecule has 0 aliphatic carbocycles. The highest BCUT2D eigenvalue weighted by atomic mass is 35.5. The molecule has 1 saturated heterocycles. The first-order chi connectivity index (χ1) is 6.33. The minimum Gasteiger partial charge on any atom is -0.353 e. The fourth-order valence-electron chi connectivity index (χ4n) is 1.16. The fraction of sp³-hybridized carbons (Fsp3) is 0.778. The lowest BCUT2D eigenvalue weighted by Gasteiger charge is -2.22. The largest absolute Gasteiger partial charge is 0.353 e. The van der Waals surface area contributed by atoms with Gasteiger partial charge in [0.25, 0.3) is 0 Å². The Morgan fingerprint density at radius 2 is 2.46 bits per heavy atom. The zero-order chi connectivity index (χ0) is 9.52. The van der Waals surface area contributed by atoms with Gasteiger partial charge in [-0.15, -0.1) is 11.6 Å². The van der Waals surface area contributed by atoms with E-state index in [0.29, 0.717) is 6.61 Å². The van der Waals surface area contributed by atoms with Gasteiger partial charge in [0.1, 0.15) is 12.4 Å². The average molecular weight is 209 g/mol. The number of halogens is 2. The van der Waals surface area contributed by atoms with Gasteiger partial charge >= 0.3 is 0 Å². The normalized spacial score (nSPS) is 24.8. The summed E-state index contributed by atoms with van der Waals surface area (Å²) in [7, 11) is 0. The number of hydrogen-bond acceptors (Lipinski definition) is 2. The van der Waals surface area contributed by atoms with Crippen molar-refractivity contribution in [2.45, 2.75) is 25.6 Å². The molecular formula is C9H14ClFO2. The van der Waals surface area contributed by atoms with E-state index < -0.39 is 0 Å². The summed E-state index contributed by atoms with van der Waals surface area (Å²) < 4.78 is 23.2. The second-order valence-electron chi connectivity index (χ2n) is 2.91. The number of hydrogen-bond donors (Lipinski definition) is 0. The van der Waals surface area contributed by atoms with Gasteiger partial charge < -0.3 is 9.47 Å². The van der Waals surface area contributed by atoms with Crippen molar-refractivity contribution in [2.75, 3.05) is 19.1 Å². The van der Waals surface area contributed by atoms with Crippen molar-refractivity contribution in [1.29, 1.82) is 0 Å². The van der Waals surface area contributed by atoms with E-state index >= 15 is 0 Å². The summed E-state index contributed by atoms with van der Waals surface area (Å²) in [5, 5.41) is 0. The predicted molar refractivity (Wildman–Crippen MR) is 49.5 cm³/mol. The van der Waals surface area contributed by atoms with Gasteiger partial charge in [-0.3, -0.25) is 0 Å². The van der Waals surface area contributed by atoms with E-state index in [-0.39, 0.29) is 24.6 Å². The Balaban J connectivity index is 2.13. The zero-order valence-electron chi connectivity index (χ0n) is 7.47. The van der Waals surface area contributed by atoms with Gasteiger partial charge in [-0.2, -0.15) is 0 Å². The van der Waals surface area contributed by atoms with Gasteiger partial charge in [0.2, 0.25) is 0 Å². The molecule has 1 fully saturated rings. The lowest BCUT2D eigenvalue weighted by atomic mass is 10.2. The Morgan fingerprint density at radius 1 is 1.62 bits per heavy atom. The van der Waals surface area contributed by atoms with E-state index in [1.54, 1.807) is 0 Å². The zero-order valence-corrected chi connectivity index (χ0v) is 8.23. The Kier molecular flexibility index (Phi) is 5.35. The van der Waals surface area contributed by atoms with Gasteiger partial charge in [0.15, 0.2) is 6.29 Å². The van der Waals surface area contributed by atoms with Crippen molar-refractivity contribution in [1.82, 2.24) is 0 Å². The summed E-state index contributed by atoms with van der Waals surface area (Å²) in [4.78, 5) is 0. The van der Waals surface area contributed by atoms with Crippen LogP contribution in [0.4, 0.5) is 4.39 Å². The fourth-order valence-corrected chi connectivity index (χ4v) is 1.33. The van der Waals surface area contributed by atoms with Crippen LogP contribution in [-0.2, 0) is 9.47 Å². The molecule has 0 bridgehead atoms. The standard InChI is InChI=1S/C9H14ClFO2/c10-5-4-8(11)7-13-9-3-1-2-6-12-9/h4,9H,1-3,5-7H2/b8-4+. The van der Waals surface area contributed by atoms with Gasteiger partial charge in [-0.05, 0) is 25.3 Å². The smallest absolute Gasteiger partial charge is 0.158 e. The molecular weight excluding hydrogens is 195 g/mol. The first-order valence-corrected chi connectivity index (χ1v) is 5.00. The van der Waals surface area contributed by atoms with Crippen LogP contribution < -0.4 is 0 Å². The summed E-state index contributed by atoms with van der Waals surface area (Å²) >= 11 is 5.31. The molecule has 4 heteroatoms. The molecule has 1 aliphatic rings. The molecule has 1 aliphatic heterocycles. The minimum absolute atomic E-state index is 0.0304. The number of ether oxygens (including phenoxy) is 2. The molecule has 0 saturated carbocycles. The lowest BCUT2D eigenvalue weighted by molar-refractivity contribution is -0.158. The van der Waals surface area contributed by atoms with Crippen molar-refractivity contribution < 1.29 is 13.9 Å². The van der Waals surface area contributed by atoms with Gasteiger partial charge in [0, 0.05) is 12.5 Å². The van der Waals surface area contributed by atoms with Crippen LogP contribution in [0, 0.1) is 0 Å². The van der Waals surface area contributed by atoms with Crippen LogP contribution in [0.5, 0.6) is 0 Å². The maximum atomic E-state index is 12.8. The minimum atomic E-state index is -0.329. The summed E-state index contributed by atoms with van der Waals surface area (Å²) in [6.07, 6.45) is 4.08. The topological polar surface area (TPSA) is 18.5 Å². The van der Waals surface area contributed by atoms with E-state index in [1.807, 2.05) is 0 Å². The molecule has 1 atom stereocenters. The molecule has 0 spiro atoms. The molecule has 0 aromatic carbocycles. The Bertz CT molecular complexity index is 167. The Hall–Kier alpha value is -0.120. The highest BCUT2D eigenvalue weighted by Gasteiger charge is 2.14. The van der Waals surface area contributed by atoms with E-state index in [9.17, 15) is 4.39 Å². The second-order valence-corrected chi connectivity index (χ2v) is 3.22. The van der Waals surface area contributed by atoms with Crippen molar-refractivity contribution in [3.63, 3.8) is 0 Å². The molecule has 76 valence electrons. The Labute approximate surface area is 82.7 Å². The number of allylic oxidation sites excluding steroid dienone is 1. The van der Waals surface area contributed by atoms with Crippen LogP contribution in [0.1, 0.15) is 19.3 Å². The van der Waals surface area contributed by atoms with Crippen LogP contribution in [0.25, 0.3) is 0 Å². The monoisotopic (exact) mass is 208 g/mol. The third-order valence-corrected chi connectivity index (χ3v) is 2.00. The van der Waals surface area contributed by atoms with Crippen molar-refractivity contribution in [2.24, 2.45) is 0 Å². The number of rotatable bonds is 4. The van der Waals surface area contributed by atoms with Gasteiger partial charge in [-0.25, -0.2) is 4.39 Å². The van der Waals surface area contributed by atoms with Crippen molar-refractivity contribution >= 4 is 11.6 Å². The summed E-state index contributed by atoms with van der Waals surface area (Å²) in [5.41, 5.74) is 0. The van der Waals surface area contributed by atoms with E-state index in [4.69, 9.17) is 21.1 Å². The van der Waals surface area contributed by atoms with Crippen LogP contribution in [0.15, 0.2) is 11.9 Å². The van der Waals surface area contributed by atoms with Crippen LogP contribution in [0.3, 0.4) is 0 Å². The number of alkyl halides is 1. The van der Waals surface area contributed by atoms with Crippen molar-refractivity contribution in [3.8, 4) is 0 Å². The Morgan fingerprint density at radius 3 is 3.08 bits per heavy atom. The van der Waals surface area contributed by atoms with Gasteiger partial charge in [0.05, 0.1) is 0 Å². The summed E-state index contributed by atoms with van der Waals surface area (Å²) in [6, 6.07) is 0. The molecule has 0 amide bonds. The lowest BCUT2D eigenvalue weighted by Crippen LogP contribution is -2.22. The van der Waals surface area contributed by atoms with Gasteiger partial charge in [-0.1, -0.05) is 0 Å². The highest BCUT2D eigenvalue weighted by Crippen LogP contribution is 2.14. The molecule has 0 radical (unpaired) electrons. The average Bonchev–Trinajstić information content (AvgIpc) is 2.17. The third kappa shape index (κ3) is 4.60.